The molecule has 130 valence electrons. The van der Waals surface area contributed by atoms with E-state index in [9.17, 15) is 10.1 Å². The van der Waals surface area contributed by atoms with Crippen LogP contribution in [0.2, 0.25) is 0 Å². The summed E-state index contributed by atoms with van der Waals surface area (Å²) >= 11 is 0. The standard InChI is InChI=1S/C21H24N2O2/c1-4-25-21(24)15-23(16(2)3)14-17-9-11-18(12-10-17)20-8-6-5-7-19(20)13-22/h5-12,16H,4,14-15H2,1-3H3. The maximum absolute atomic E-state index is 11.8. The molecule has 4 heteroatoms. The lowest BCUT2D eigenvalue weighted by Gasteiger charge is -2.25. The molecule has 0 aliphatic rings. The molecule has 0 heterocycles. The first-order valence-corrected chi connectivity index (χ1v) is 8.53. The molecule has 0 saturated heterocycles. The van der Waals surface area contributed by atoms with E-state index in [4.69, 9.17) is 4.74 Å². The van der Waals surface area contributed by atoms with Crippen LogP contribution in [-0.2, 0) is 16.1 Å². The number of carbonyl (C=O) groups excluding carboxylic acids is 1. The van der Waals surface area contributed by atoms with Crippen molar-refractivity contribution in [2.75, 3.05) is 13.2 Å². The molecule has 0 aromatic heterocycles. The number of hydrogen-bond acceptors (Lipinski definition) is 4. The summed E-state index contributed by atoms with van der Waals surface area (Å²) in [6.45, 7) is 7.31. The molecular weight excluding hydrogens is 312 g/mol. The van der Waals surface area contributed by atoms with E-state index in [-0.39, 0.29) is 18.6 Å². The van der Waals surface area contributed by atoms with Gasteiger partial charge in [0.1, 0.15) is 0 Å². The van der Waals surface area contributed by atoms with Gasteiger partial charge in [-0.1, -0.05) is 42.5 Å². The second kappa shape index (κ2) is 9.00. The summed E-state index contributed by atoms with van der Waals surface area (Å²) in [6.07, 6.45) is 0. The van der Waals surface area contributed by atoms with Crippen LogP contribution in [0.4, 0.5) is 0 Å². The van der Waals surface area contributed by atoms with Crippen LogP contribution in [0.5, 0.6) is 0 Å². The van der Waals surface area contributed by atoms with Gasteiger partial charge in [-0.25, -0.2) is 0 Å². The van der Waals surface area contributed by atoms with E-state index >= 15 is 0 Å². The van der Waals surface area contributed by atoms with Gasteiger partial charge in [0, 0.05) is 12.6 Å². The van der Waals surface area contributed by atoms with Gasteiger partial charge in [-0.2, -0.15) is 5.26 Å². The van der Waals surface area contributed by atoms with Gasteiger partial charge in [0.2, 0.25) is 0 Å². The quantitative estimate of drug-likeness (QED) is 0.717. The Balaban J connectivity index is 2.13. The van der Waals surface area contributed by atoms with E-state index in [1.165, 1.54) is 0 Å². The Kier molecular flexibility index (Phi) is 6.73. The van der Waals surface area contributed by atoms with Crippen LogP contribution < -0.4 is 0 Å². The van der Waals surface area contributed by atoms with Crippen LogP contribution in [0, 0.1) is 11.3 Å². The highest BCUT2D eigenvalue weighted by atomic mass is 16.5. The van der Waals surface area contributed by atoms with Crippen LogP contribution >= 0.6 is 0 Å². The van der Waals surface area contributed by atoms with Crippen molar-refractivity contribution in [3.8, 4) is 17.2 Å². The first-order chi connectivity index (χ1) is 12.0. The second-order valence-electron chi connectivity index (χ2n) is 6.16. The minimum Gasteiger partial charge on any atom is -0.465 e. The summed E-state index contributed by atoms with van der Waals surface area (Å²) < 4.78 is 5.05. The molecule has 0 unspecified atom stereocenters. The third kappa shape index (κ3) is 5.17. The fraction of sp³-hybridized carbons (Fsp3) is 0.333. The Morgan fingerprint density at radius 3 is 2.44 bits per heavy atom. The van der Waals surface area contributed by atoms with Gasteiger partial charge in [0.15, 0.2) is 0 Å². The molecule has 25 heavy (non-hydrogen) atoms. The van der Waals surface area contributed by atoms with Crippen molar-refractivity contribution < 1.29 is 9.53 Å². The number of ether oxygens (including phenoxy) is 1. The number of benzene rings is 2. The number of nitriles is 1. The summed E-state index contributed by atoms with van der Waals surface area (Å²) in [5, 5.41) is 9.24. The average molecular weight is 336 g/mol. The number of esters is 1. The number of hydrogen-bond donors (Lipinski definition) is 0. The van der Waals surface area contributed by atoms with Crippen LogP contribution in [-0.4, -0.2) is 30.1 Å². The summed E-state index contributed by atoms with van der Waals surface area (Å²) in [6, 6.07) is 18.2. The minimum atomic E-state index is -0.198. The molecule has 0 aliphatic heterocycles. The Labute approximate surface area is 149 Å². The molecule has 0 fully saturated rings. The topological polar surface area (TPSA) is 53.3 Å². The third-order valence-corrected chi connectivity index (χ3v) is 4.07. The van der Waals surface area contributed by atoms with Crippen molar-refractivity contribution in [3.05, 3.63) is 59.7 Å². The van der Waals surface area contributed by atoms with Gasteiger partial charge < -0.3 is 4.74 Å². The van der Waals surface area contributed by atoms with Crippen LogP contribution in [0.25, 0.3) is 11.1 Å². The van der Waals surface area contributed by atoms with E-state index in [2.05, 4.69) is 24.8 Å². The van der Waals surface area contributed by atoms with E-state index in [1.807, 2.05) is 55.5 Å². The normalized spacial score (nSPS) is 10.7. The summed E-state index contributed by atoms with van der Waals surface area (Å²) in [4.78, 5) is 13.8. The first-order valence-electron chi connectivity index (χ1n) is 8.53. The maximum atomic E-state index is 11.8. The predicted octanol–water partition coefficient (Wildman–Crippen LogP) is 4.00. The zero-order chi connectivity index (χ0) is 18.2. The molecule has 0 bridgehead atoms. The molecular formula is C21H24N2O2. The third-order valence-electron chi connectivity index (χ3n) is 4.07. The average Bonchev–Trinajstić information content (AvgIpc) is 2.62. The molecule has 0 saturated carbocycles. The van der Waals surface area contributed by atoms with Gasteiger partial charge in [-0.3, -0.25) is 9.69 Å². The Morgan fingerprint density at radius 2 is 1.84 bits per heavy atom. The fourth-order valence-electron chi connectivity index (χ4n) is 2.65. The van der Waals surface area contributed by atoms with Gasteiger partial charge >= 0.3 is 5.97 Å². The molecule has 4 nitrogen and oxygen atoms in total. The zero-order valence-electron chi connectivity index (χ0n) is 15.0. The molecule has 2 aromatic carbocycles. The zero-order valence-corrected chi connectivity index (χ0v) is 15.0. The molecule has 0 amide bonds. The van der Waals surface area contributed by atoms with E-state index < -0.39 is 0 Å². The van der Waals surface area contributed by atoms with Gasteiger partial charge in [-0.15, -0.1) is 0 Å². The van der Waals surface area contributed by atoms with Crippen molar-refractivity contribution in [3.63, 3.8) is 0 Å². The lowest BCUT2D eigenvalue weighted by atomic mass is 9.99. The molecule has 0 spiro atoms. The fourth-order valence-corrected chi connectivity index (χ4v) is 2.65. The van der Waals surface area contributed by atoms with E-state index in [1.54, 1.807) is 0 Å². The molecule has 2 rings (SSSR count). The Morgan fingerprint density at radius 1 is 1.16 bits per heavy atom. The van der Waals surface area contributed by atoms with Crippen molar-refractivity contribution in [1.82, 2.24) is 4.90 Å². The highest BCUT2D eigenvalue weighted by molar-refractivity contribution is 5.72. The van der Waals surface area contributed by atoms with Gasteiger partial charge in [0.25, 0.3) is 0 Å². The lowest BCUT2D eigenvalue weighted by molar-refractivity contribution is -0.145. The summed E-state index contributed by atoms with van der Waals surface area (Å²) in [5.74, 6) is -0.198. The van der Waals surface area contributed by atoms with Gasteiger partial charge in [0.05, 0.1) is 24.8 Å². The second-order valence-corrected chi connectivity index (χ2v) is 6.16. The van der Waals surface area contributed by atoms with E-state index in [0.717, 1.165) is 16.7 Å². The highest BCUT2D eigenvalue weighted by Crippen LogP contribution is 2.24. The molecule has 0 N–H and O–H groups in total. The Hall–Kier alpha value is -2.64. The SMILES string of the molecule is CCOC(=O)CN(Cc1ccc(-c2ccccc2C#N)cc1)C(C)C. The molecule has 0 atom stereocenters. The highest BCUT2D eigenvalue weighted by Gasteiger charge is 2.15. The monoisotopic (exact) mass is 336 g/mol. The van der Waals surface area contributed by atoms with Crippen molar-refractivity contribution >= 4 is 5.97 Å². The van der Waals surface area contributed by atoms with Crippen LogP contribution in [0.1, 0.15) is 31.9 Å². The number of rotatable bonds is 7. The lowest BCUT2D eigenvalue weighted by Crippen LogP contribution is -2.36. The summed E-state index contributed by atoms with van der Waals surface area (Å²) in [5.41, 5.74) is 3.74. The molecule has 0 aliphatic carbocycles. The van der Waals surface area contributed by atoms with E-state index in [0.29, 0.717) is 18.7 Å². The minimum absolute atomic E-state index is 0.198. The predicted molar refractivity (Wildman–Crippen MR) is 98.8 cm³/mol. The largest absolute Gasteiger partial charge is 0.465 e. The van der Waals surface area contributed by atoms with Gasteiger partial charge in [-0.05, 0) is 43.5 Å². The maximum Gasteiger partial charge on any atom is 0.320 e. The molecule has 2 aromatic rings. The molecule has 0 radical (unpaired) electrons. The van der Waals surface area contributed by atoms with Crippen molar-refractivity contribution in [1.29, 1.82) is 5.26 Å². The number of carbonyl (C=O) groups is 1. The first kappa shape index (κ1) is 18.7. The smallest absolute Gasteiger partial charge is 0.320 e. The summed E-state index contributed by atoms with van der Waals surface area (Å²) in [7, 11) is 0. The number of nitrogens with zero attached hydrogens (tertiary/aromatic N) is 2. The van der Waals surface area contributed by atoms with Crippen molar-refractivity contribution in [2.45, 2.75) is 33.4 Å². The van der Waals surface area contributed by atoms with Crippen LogP contribution in [0.3, 0.4) is 0 Å². The Bertz CT molecular complexity index is 745. The van der Waals surface area contributed by atoms with Crippen molar-refractivity contribution in [2.24, 2.45) is 0 Å². The van der Waals surface area contributed by atoms with Crippen LogP contribution in [0.15, 0.2) is 48.5 Å².